The molecule has 0 spiro atoms. The van der Waals surface area contributed by atoms with Crippen molar-refractivity contribution in [2.75, 3.05) is 17.7 Å². The molecule has 1 atom stereocenters. The molecule has 38 heavy (non-hydrogen) atoms. The maximum Gasteiger partial charge on any atom is 0.255 e. The predicted molar refractivity (Wildman–Crippen MR) is 146 cm³/mol. The van der Waals surface area contributed by atoms with Gasteiger partial charge in [0.2, 0.25) is 5.91 Å². The number of phenolic OH excluding ortho intramolecular Hbond substituents is 1. The van der Waals surface area contributed by atoms with Gasteiger partial charge in [0.15, 0.2) is 0 Å². The van der Waals surface area contributed by atoms with Gasteiger partial charge in [0.25, 0.3) is 11.8 Å². The average molecular weight is 510 g/mol. The highest BCUT2D eigenvalue weighted by Crippen LogP contribution is 2.19. The molecule has 4 aromatic carbocycles. The highest BCUT2D eigenvalue weighted by Gasteiger charge is 2.24. The van der Waals surface area contributed by atoms with Gasteiger partial charge in [0.1, 0.15) is 17.5 Å². The number of para-hydroxylation sites is 2. The maximum atomic E-state index is 13.4. The Morgan fingerprint density at radius 3 is 2.11 bits per heavy atom. The van der Waals surface area contributed by atoms with Crippen LogP contribution in [0.5, 0.6) is 11.5 Å². The van der Waals surface area contributed by atoms with Crippen LogP contribution in [0.25, 0.3) is 0 Å². The molecule has 4 N–H and O–H groups in total. The number of anilines is 2. The number of carbonyl (C=O) groups is 3. The van der Waals surface area contributed by atoms with E-state index >= 15 is 0 Å². The third-order valence-corrected chi connectivity index (χ3v) is 5.81. The third kappa shape index (κ3) is 6.76. The van der Waals surface area contributed by atoms with Gasteiger partial charge in [0.05, 0.1) is 18.4 Å². The van der Waals surface area contributed by atoms with Crippen LogP contribution in [0, 0.1) is 0 Å². The summed E-state index contributed by atoms with van der Waals surface area (Å²) in [5.74, 6) is -0.602. The Balaban J connectivity index is 1.54. The van der Waals surface area contributed by atoms with Crippen LogP contribution in [-0.2, 0) is 11.2 Å². The van der Waals surface area contributed by atoms with Crippen molar-refractivity contribution in [2.45, 2.75) is 12.5 Å². The first kappa shape index (κ1) is 26.0. The molecule has 0 aliphatic heterocycles. The molecule has 0 saturated carbocycles. The van der Waals surface area contributed by atoms with Gasteiger partial charge in [-0.25, -0.2) is 0 Å². The lowest BCUT2D eigenvalue weighted by Crippen LogP contribution is -2.45. The molecule has 8 heteroatoms. The van der Waals surface area contributed by atoms with Crippen molar-refractivity contribution in [1.82, 2.24) is 5.32 Å². The van der Waals surface area contributed by atoms with E-state index in [9.17, 15) is 19.5 Å². The molecule has 0 radical (unpaired) electrons. The van der Waals surface area contributed by atoms with Gasteiger partial charge in [-0.15, -0.1) is 0 Å². The second-order valence-electron chi connectivity index (χ2n) is 8.48. The number of phenols is 1. The normalized spacial score (nSPS) is 11.2. The molecule has 8 nitrogen and oxygen atoms in total. The minimum absolute atomic E-state index is 0.101. The van der Waals surface area contributed by atoms with E-state index in [2.05, 4.69) is 16.0 Å². The Labute approximate surface area is 220 Å². The first-order valence-electron chi connectivity index (χ1n) is 11.9. The summed E-state index contributed by atoms with van der Waals surface area (Å²) in [5.41, 5.74) is 2.25. The van der Waals surface area contributed by atoms with Crippen molar-refractivity contribution in [1.29, 1.82) is 0 Å². The summed E-state index contributed by atoms with van der Waals surface area (Å²) in [4.78, 5) is 39.4. The fourth-order valence-corrected chi connectivity index (χ4v) is 3.79. The van der Waals surface area contributed by atoms with Gasteiger partial charge in [-0.3, -0.25) is 14.4 Å². The van der Waals surface area contributed by atoms with E-state index < -0.39 is 23.8 Å². The lowest BCUT2D eigenvalue weighted by Gasteiger charge is -2.20. The Hall–Kier alpha value is -5.11. The second kappa shape index (κ2) is 12.2. The Morgan fingerprint density at radius 2 is 1.42 bits per heavy atom. The van der Waals surface area contributed by atoms with E-state index in [-0.39, 0.29) is 17.7 Å². The number of amides is 3. The van der Waals surface area contributed by atoms with E-state index in [1.165, 1.54) is 12.1 Å². The van der Waals surface area contributed by atoms with Crippen LogP contribution in [0.3, 0.4) is 0 Å². The number of hydrogen-bond acceptors (Lipinski definition) is 5. The monoisotopic (exact) mass is 509 g/mol. The molecule has 4 rings (SSSR count). The summed E-state index contributed by atoms with van der Waals surface area (Å²) in [6, 6.07) is 27.6. The highest BCUT2D eigenvalue weighted by atomic mass is 16.5. The van der Waals surface area contributed by atoms with Crippen LogP contribution in [0.1, 0.15) is 26.3 Å². The molecule has 0 aromatic heterocycles. The molecule has 0 bridgehead atoms. The van der Waals surface area contributed by atoms with E-state index in [4.69, 9.17) is 4.74 Å². The molecule has 0 heterocycles. The van der Waals surface area contributed by atoms with Crippen molar-refractivity contribution in [3.63, 3.8) is 0 Å². The Bertz CT molecular complexity index is 1400. The molecule has 1 unspecified atom stereocenters. The summed E-state index contributed by atoms with van der Waals surface area (Å²) in [6.07, 6.45) is 0.186. The smallest absolute Gasteiger partial charge is 0.255 e. The third-order valence-electron chi connectivity index (χ3n) is 5.81. The van der Waals surface area contributed by atoms with Gasteiger partial charge in [-0.2, -0.15) is 0 Å². The fraction of sp³-hybridized carbons (Fsp3) is 0.100. The number of rotatable bonds is 9. The summed E-state index contributed by atoms with van der Waals surface area (Å²) < 4.78 is 5.13. The molecule has 0 aliphatic rings. The van der Waals surface area contributed by atoms with Gasteiger partial charge < -0.3 is 25.8 Å². The average Bonchev–Trinajstić information content (AvgIpc) is 2.94. The standard InChI is InChI=1S/C30H27N3O5/c1-38-24-17-13-21(14-18-24)28(35)32-26-10-6-5-9-25(26)29(36)33-27(19-20-11-15-23(34)16-12-20)30(37)31-22-7-3-2-4-8-22/h2-18,27,34H,19H2,1H3,(H,31,37)(H,32,35)(H,33,36). The van der Waals surface area contributed by atoms with Gasteiger partial charge in [-0.05, 0) is 66.2 Å². The predicted octanol–water partition coefficient (Wildman–Crippen LogP) is 4.63. The zero-order valence-corrected chi connectivity index (χ0v) is 20.7. The SMILES string of the molecule is COc1ccc(C(=O)Nc2ccccc2C(=O)NC(Cc2ccc(O)cc2)C(=O)Nc2ccccc2)cc1. The molecule has 4 aromatic rings. The second-order valence-corrected chi connectivity index (χ2v) is 8.48. The van der Waals surface area contributed by atoms with Crippen molar-refractivity contribution in [3.05, 3.63) is 120 Å². The van der Waals surface area contributed by atoms with Crippen LogP contribution >= 0.6 is 0 Å². The lowest BCUT2D eigenvalue weighted by atomic mass is 10.0. The summed E-state index contributed by atoms with van der Waals surface area (Å²) in [6.45, 7) is 0. The van der Waals surface area contributed by atoms with Crippen LogP contribution in [0.15, 0.2) is 103 Å². The molecular weight excluding hydrogens is 482 g/mol. The Morgan fingerprint density at radius 1 is 0.763 bits per heavy atom. The number of aromatic hydroxyl groups is 1. The fourth-order valence-electron chi connectivity index (χ4n) is 3.79. The minimum Gasteiger partial charge on any atom is -0.508 e. The quantitative estimate of drug-likeness (QED) is 0.262. The summed E-state index contributed by atoms with van der Waals surface area (Å²) in [7, 11) is 1.54. The summed E-state index contributed by atoms with van der Waals surface area (Å²) >= 11 is 0. The maximum absolute atomic E-state index is 13.4. The number of benzene rings is 4. The van der Waals surface area contributed by atoms with Gasteiger partial charge in [0, 0.05) is 17.7 Å². The molecule has 3 amide bonds. The van der Waals surface area contributed by atoms with Crippen LogP contribution in [0.2, 0.25) is 0 Å². The number of carbonyl (C=O) groups excluding carboxylic acids is 3. The van der Waals surface area contributed by atoms with E-state index in [0.717, 1.165) is 5.56 Å². The zero-order chi connectivity index (χ0) is 26.9. The lowest BCUT2D eigenvalue weighted by molar-refractivity contribution is -0.118. The topological polar surface area (TPSA) is 117 Å². The molecule has 0 fully saturated rings. The largest absolute Gasteiger partial charge is 0.508 e. The van der Waals surface area contributed by atoms with E-state index in [1.54, 1.807) is 92.0 Å². The number of hydrogen-bond donors (Lipinski definition) is 4. The zero-order valence-electron chi connectivity index (χ0n) is 20.7. The van der Waals surface area contributed by atoms with Crippen molar-refractivity contribution >= 4 is 29.1 Å². The van der Waals surface area contributed by atoms with Crippen LogP contribution < -0.4 is 20.7 Å². The van der Waals surface area contributed by atoms with Crippen molar-refractivity contribution < 1.29 is 24.2 Å². The molecule has 192 valence electrons. The van der Waals surface area contributed by atoms with Crippen LogP contribution in [0.4, 0.5) is 11.4 Å². The van der Waals surface area contributed by atoms with Crippen molar-refractivity contribution in [2.24, 2.45) is 0 Å². The number of ether oxygens (including phenoxy) is 1. The van der Waals surface area contributed by atoms with E-state index in [1.807, 2.05) is 6.07 Å². The van der Waals surface area contributed by atoms with Gasteiger partial charge >= 0.3 is 0 Å². The summed E-state index contributed by atoms with van der Waals surface area (Å²) in [5, 5.41) is 18.0. The van der Waals surface area contributed by atoms with Gasteiger partial charge in [-0.1, -0.05) is 42.5 Å². The van der Waals surface area contributed by atoms with Crippen LogP contribution in [-0.4, -0.2) is 36.0 Å². The first-order valence-corrected chi connectivity index (χ1v) is 11.9. The number of nitrogens with one attached hydrogen (secondary N) is 3. The number of methoxy groups -OCH3 is 1. The highest BCUT2D eigenvalue weighted by molar-refractivity contribution is 6.10. The molecule has 0 saturated heterocycles. The molecular formula is C30H27N3O5. The van der Waals surface area contributed by atoms with E-state index in [0.29, 0.717) is 22.7 Å². The first-order chi connectivity index (χ1) is 18.4. The van der Waals surface area contributed by atoms with Crippen molar-refractivity contribution in [3.8, 4) is 11.5 Å². The molecule has 0 aliphatic carbocycles. The minimum atomic E-state index is -0.933. The Kier molecular flexibility index (Phi) is 8.35.